The zero-order valence-electron chi connectivity index (χ0n) is 4.08. The van der Waals surface area contributed by atoms with Gasteiger partial charge < -0.3 is 6.58 Å². The summed E-state index contributed by atoms with van der Waals surface area (Å²) in [5.74, 6) is 0. The van der Waals surface area contributed by atoms with Gasteiger partial charge in [0.05, 0.1) is 0 Å². The Kier molecular flexibility index (Phi) is 10.3. The van der Waals surface area contributed by atoms with Crippen LogP contribution in [0, 0.1) is 6.58 Å². The van der Waals surface area contributed by atoms with Gasteiger partial charge in [-0.1, -0.05) is 13.8 Å². The van der Waals surface area contributed by atoms with E-state index in [0.717, 1.165) is 5.57 Å². The van der Waals surface area contributed by atoms with E-state index in [1.54, 1.807) is 0 Å². The van der Waals surface area contributed by atoms with Crippen LogP contribution < -0.4 is 51.4 Å². The Balaban J connectivity index is 0. The molecule has 5 heavy (non-hydrogen) atoms. The smallest absolute Gasteiger partial charge is 0.515 e. The van der Waals surface area contributed by atoms with Gasteiger partial charge in [-0.05, 0) is 0 Å². The summed E-state index contributed by atoms with van der Waals surface area (Å²) in [6.07, 6.45) is 0. The molecule has 0 aliphatic rings. The molecule has 0 atom stereocenters. The van der Waals surface area contributed by atoms with Crippen molar-refractivity contribution in [2.45, 2.75) is 13.8 Å². The maximum absolute atomic E-state index is 5.03. The minimum atomic E-state index is 0. The predicted molar refractivity (Wildman–Crippen MR) is 19.2 cm³/mol. The van der Waals surface area contributed by atoms with Crippen molar-refractivity contribution in [3.63, 3.8) is 0 Å². The van der Waals surface area contributed by atoms with Gasteiger partial charge in [0, 0.05) is 0 Å². The molecular formula is C4H7K. The van der Waals surface area contributed by atoms with Crippen LogP contribution in [0.2, 0.25) is 0 Å². The standard InChI is InChI=1S/C4H7.K/c1-4(2)3;/h1H,2-3H3;/q-1;+1. The molecule has 0 spiro atoms. The summed E-state index contributed by atoms with van der Waals surface area (Å²) in [5.41, 5.74) is 0.917. The van der Waals surface area contributed by atoms with E-state index in [9.17, 15) is 0 Å². The molecule has 0 saturated carbocycles. The van der Waals surface area contributed by atoms with E-state index in [0.29, 0.717) is 0 Å². The van der Waals surface area contributed by atoms with Crippen molar-refractivity contribution in [3.05, 3.63) is 12.2 Å². The molecule has 0 nitrogen and oxygen atoms in total. The molecule has 0 N–H and O–H groups in total. The van der Waals surface area contributed by atoms with E-state index in [1.807, 2.05) is 13.8 Å². The number of allylic oxidation sites excluding steroid dienone is 1. The fourth-order valence-electron chi connectivity index (χ4n) is 0. The molecule has 1 heteroatoms. The van der Waals surface area contributed by atoms with E-state index in [1.165, 1.54) is 0 Å². The summed E-state index contributed by atoms with van der Waals surface area (Å²) in [6.45, 7) is 8.75. The third-order valence-electron chi connectivity index (χ3n) is 0. The topological polar surface area (TPSA) is 0 Å². The minimum absolute atomic E-state index is 0. The Labute approximate surface area is 76.1 Å². The van der Waals surface area contributed by atoms with E-state index < -0.39 is 0 Å². The minimum Gasteiger partial charge on any atom is -0.515 e. The number of rotatable bonds is 0. The summed E-state index contributed by atoms with van der Waals surface area (Å²) in [6, 6.07) is 0. The van der Waals surface area contributed by atoms with Gasteiger partial charge in [0.2, 0.25) is 0 Å². The Morgan fingerprint density at radius 2 is 1.40 bits per heavy atom. The van der Waals surface area contributed by atoms with Crippen molar-refractivity contribution in [2.75, 3.05) is 0 Å². The number of hydrogen-bond donors (Lipinski definition) is 0. The molecule has 0 aromatic rings. The van der Waals surface area contributed by atoms with Crippen LogP contribution >= 0.6 is 0 Å². The second-order valence-corrected chi connectivity index (χ2v) is 1.08. The third-order valence-corrected chi connectivity index (χ3v) is 0. The van der Waals surface area contributed by atoms with Gasteiger partial charge in [-0.3, -0.25) is 5.57 Å². The first-order valence-corrected chi connectivity index (χ1v) is 1.29. The van der Waals surface area contributed by atoms with Gasteiger partial charge in [0.25, 0.3) is 0 Å². The molecule has 0 aromatic carbocycles. The van der Waals surface area contributed by atoms with E-state index in [4.69, 9.17) is 6.58 Å². The summed E-state index contributed by atoms with van der Waals surface area (Å²) in [4.78, 5) is 0. The molecule has 24 valence electrons. The molecule has 0 amide bonds. The quantitative estimate of drug-likeness (QED) is 0.250. The van der Waals surface area contributed by atoms with Crippen molar-refractivity contribution in [1.29, 1.82) is 0 Å². The largest absolute Gasteiger partial charge is 1.00 e. The van der Waals surface area contributed by atoms with Gasteiger partial charge >= 0.3 is 51.4 Å². The van der Waals surface area contributed by atoms with Crippen LogP contribution in [-0.4, -0.2) is 0 Å². The molecule has 0 aliphatic carbocycles. The molecule has 0 aliphatic heterocycles. The monoisotopic (exact) mass is 94.0 g/mol. The Bertz CT molecular complexity index is 26.6. The summed E-state index contributed by atoms with van der Waals surface area (Å²) in [5, 5.41) is 0. The number of hydrogen-bond acceptors (Lipinski definition) is 0. The fraction of sp³-hybridized carbons (Fsp3) is 0.500. The molecule has 0 aromatic heterocycles. The normalized spacial score (nSPS) is 5.20. The zero-order chi connectivity index (χ0) is 3.58. The van der Waals surface area contributed by atoms with E-state index in [2.05, 4.69) is 0 Å². The van der Waals surface area contributed by atoms with Crippen molar-refractivity contribution in [1.82, 2.24) is 0 Å². The summed E-state index contributed by atoms with van der Waals surface area (Å²) < 4.78 is 0. The molecule has 0 radical (unpaired) electrons. The molecule has 0 fully saturated rings. The average molecular weight is 94.2 g/mol. The first-order chi connectivity index (χ1) is 1.73. The van der Waals surface area contributed by atoms with Gasteiger partial charge in [0.15, 0.2) is 0 Å². The summed E-state index contributed by atoms with van der Waals surface area (Å²) in [7, 11) is 0. The van der Waals surface area contributed by atoms with Crippen LogP contribution in [0.5, 0.6) is 0 Å². The second kappa shape index (κ2) is 5.38. The average Bonchev–Trinajstić information content (AvgIpc) is 0.811. The zero-order valence-corrected chi connectivity index (χ0v) is 7.20. The van der Waals surface area contributed by atoms with Crippen LogP contribution in [0.15, 0.2) is 5.57 Å². The molecule has 0 unspecified atom stereocenters. The Hall–Kier alpha value is 1.38. The Morgan fingerprint density at radius 3 is 1.40 bits per heavy atom. The first kappa shape index (κ1) is 9.62. The summed E-state index contributed by atoms with van der Waals surface area (Å²) >= 11 is 0. The fourth-order valence-corrected chi connectivity index (χ4v) is 0. The van der Waals surface area contributed by atoms with Crippen LogP contribution in [0.1, 0.15) is 13.8 Å². The van der Waals surface area contributed by atoms with Gasteiger partial charge in [-0.2, -0.15) is 0 Å². The maximum Gasteiger partial charge on any atom is 1.00 e. The predicted octanol–water partition coefficient (Wildman–Crippen LogP) is -1.61. The second-order valence-electron chi connectivity index (χ2n) is 1.08. The van der Waals surface area contributed by atoms with Crippen molar-refractivity contribution in [2.24, 2.45) is 0 Å². The van der Waals surface area contributed by atoms with Crippen molar-refractivity contribution < 1.29 is 51.4 Å². The molecule has 0 heterocycles. The van der Waals surface area contributed by atoms with Crippen molar-refractivity contribution in [3.8, 4) is 0 Å². The van der Waals surface area contributed by atoms with Crippen LogP contribution in [0.25, 0.3) is 0 Å². The van der Waals surface area contributed by atoms with Crippen molar-refractivity contribution >= 4 is 0 Å². The van der Waals surface area contributed by atoms with E-state index in [-0.39, 0.29) is 51.4 Å². The van der Waals surface area contributed by atoms with Crippen LogP contribution in [0.4, 0.5) is 0 Å². The Morgan fingerprint density at radius 1 is 1.40 bits per heavy atom. The third kappa shape index (κ3) is 32.4. The molecule has 0 bridgehead atoms. The van der Waals surface area contributed by atoms with Gasteiger partial charge in [0.1, 0.15) is 0 Å². The van der Waals surface area contributed by atoms with Crippen LogP contribution in [0.3, 0.4) is 0 Å². The molecular weight excluding hydrogens is 87.1 g/mol. The molecule has 0 rings (SSSR count). The van der Waals surface area contributed by atoms with Crippen LogP contribution in [-0.2, 0) is 0 Å². The van der Waals surface area contributed by atoms with Gasteiger partial charge in [-0.25, -0.2) is 0 Å². The van der Waals surface area contributed by atoms with E-state index >= 15 is 0 Å². The molecule has 0 saturated heterocycles. The SMILES string of the molecule is [CH-]=C(C)C.[K+]. The first-order valence-electron chi connectivity index (χ1n) is 1.29. The van der Waals surface area contributed by atoms with Gasteiger partial charge in [-0.15, -0.1) is 0 Å². The maximum atomic E-state index is 5.03.